The minimum Gasteiger partial charge on any atom is -0.491 e. The quantitative estimate of drug-likeness (QED) is 0.807. The number of aromatic amines is 1. The summed E-state index contributed by atoms with van der Waals surface area (Å²) >= 11 is 0. The fraction of sp³-hybridized carbons (Fsp3) is 0.400. The number of hydrogen-bond donors (Lipinski definition) is 1. The van der Waals surface area contributed by atoms with Crippen LogP contribution in [0.5, 0.6) is 5.75 Å². The molecule has 17 heavy (non-hydrogen) atoms. The fourth-order valence-electron chi connectivity index (χ4n) is 1.29. The van der Waals surface area contributed by atoms with Crippen molar-refractivity contribution in [1.82, 2.24) is 4.98 Å². The second-order valence-electron chi connectivity index (χ2n) is 3.14. The highest BCUT2D eigenvalue weighted by atomic mass is 19.3. The Hall–Kier alpha value is -1.92. The molecule has 0 fully saturated rings. The number of ether oxygens (including phenoxy) is 2. The second kappa shape index (κ2) is 5.42. The number of halogens is 2. The van der Waals surface area contributed by atoms with E-state index in [1.807, 2.05) is 0 Å². The molecule has 0 bridgehead atoms. The van der Waals surface area contributed by atoms with Gasteiger partial charge in [-0.2, -0.15) is 0 Å². The van der Waals surface area contributed by atoms with Crippen LogP contribution in [0.2, 0.25) is 0 Å². The minimum atomic E-state index is -2.90. The first kappa shape index (κ1) is 13.1. The third kappa shape index (κ3) is 2.80. The fourth-order valence-corrected chi connectivity index (χ4v) is 1.29. The lowest BCUT2D eigenvalue weighted by atomic mass is 10.2. The molecule has 0 saturated heterocycles. The maximum Gasteiger partial charge on any atom is 0.311 e. The van der Waals surface area contributed by atoms with E-state index in [0.717, 1.165) is 6.20 Å². The Balaban J connectivity index is 3.21. The lowest BCUT2D eigenvalue weighted by Crippen LogP contribution is -2.18. The predicted octanol–water partition coefficient (Wildman–Crippen LogP) is 1.04. The molecule has 0 aliphatic rings. The molecule has 0 amide bonds. The lowest BCUT2D eigenvalue weighted by Gasteiger charge is -2.08. The van der Waals surface area contributed by atoms with Crippen LogP contribution < -0.4 is 10.2 Å². The molecule has 0 spiro atoms. The van der Waals surface area contributed by atoms with Gasteiger partial charge >= 0.3 is 5.97 Å². The number of H-pyrrole nitrogens is 1. The van der Waals surface area contributed by atoms with Crippen molar-refractivity contribution in [2.45, 2.75) is 12.8 Å². The van der Waals surface area contributed by atoms with Crippen molar-refractivity contribution >= 4 is 5.97 Å². The molecule has 5 nitrogen and oxygen atoms in total. The SMILES string of the molecule is COC(=O)Cc1[nH]cc(C(F)F)c(=O)c1OC. The second-order valence-corrected chi connectivity index (χ2v) is 3.14. The number of carbonyl (C=O) groups excluding carboxylic acids is 1. The van der Waals surface area contributed by atoms with E-state index in [1.165, 1.54) is 14.2 Å². The van der Waals surface area contributed by atoms with Gasteiger partial charge in [0.2, 0.25) is 5.43 Å². The number of rotatable bonds is 4. The van der Waals surface area contributed by atoms with Crippen LogP contribution in [0.4, 0.5) is 8.78 Å². The number of aromatic nitrogens is 1. The van der Waals surface area contributed by atoms with Crippen LogP contribution in [0.1, 0.15) is 17.7 Å². The molecule has 0 radical (unpaired) electrons. The van der Waals surface area contributed by atoms with E-state index in [4.69, 9.17) is 4.74 Å². The van der Waals surface area contributed by atoms with Gasteiger partial charge in [-0.15, -0.1) is 0 Å². The number of methoxy groups -OCH3 is 2. The highest BCUT2D eigenvalue weighted by molar-refractivity contribution is 5.72. The predicted molar refractivity (Wildman–Crippen MR) is 54.3 cm³/mol. The van der Waals surface area contributed by atoms with E-state index < -0.39 is 23.4 Å². The average molecular weight is 247 g/mol. The molecule has 1 aromatic rings. The van der Waals surface area contributed by atoms with Crippen LogP contribution in [0.3, 0.4) is 0 Å². The molecule has 1 heterocycles. The largest absolute Gasteiger partial charge is 0.491 e. The van der Waals surface area contributed by atoms with Gasteiger partial charge in [0, 0.05) is 6.20 Å². The van der Waals surface area contributed by atoms with E-state index in [0.29, 0.717) is 0 Å². The number of carbonyl (C=O) groups is 1. The lowest BCUT2D eigenvalue weighted by molar-refractivity contribution is -0.139. The van der Waals surface area contributed by atoms with Crippen molar-refractivity contribution in [3.63, 3.8) is 0 Å². The summed E-state index contributed by atoms with van der Waals surface area (Å²) in [5.41, 5.74) is -1.52. The summed E-state index contributed by atoms with van der Waals surface area (Å²) in [7, 11) is 2.35. The van der Waals surface area contributed by atoms with Gasteiger partial charge in [0.25, 0.3) is 6.43 Å². The van der Waals surface area contributed by atoms with Gasteiger partial charge in [0.15, 0.2) is 5.75 Å². The topological polar surface area (TPSA) is 68.4 Å². The zero-order chi connectivity index (χ0) is 13.0. The third-order valence-electron chi connectivity index (χ3n) is 2.13. The summed E-state index contributed by atoms with van der Waals surface area (Å²) in [4.78, 5) is 25.0. The number of nitrogens with one attached hydrogen (secondary N) is 1. The molecule has 0 saturated carbocycles. The Morgan fingerprint density at radius 2 is 2.12 bits per heavy atom. The Labute approximate surface area is 95.4 Å². The van der Waals surface area contributed by atoms with E-state index in [9.17, 15) is 18.4 Å². The number of alkyl halides is 2. The van der Waals surface area contributed by atoms with Crippen LogP contribution >= 0.6 is 0 Å². The molecule has 0 aliphatic heterocycles. The van der Waals surface area contributed by atoms with Crippen molar-refractivity contribution in [3.05, 3.63) is 27.7 Å². The first-order chi connectivity index (χ1) is 8.01. The van der Waals surface area contributed by atoms with Crippen molar-refractivity contribution in [2.75, 3.05) is 14.2 Å². The molecule has 0 unspecified atom stereocenters. The van der Waals surface area contributed by atoms with Crippen LogP contribution in [-0.4, -0.2) is 25.2 Å². The molecule has 1 N–H and O–H groups in total. The average Bonchev–Trinajstić information content (AvgIpc) is 2.28. The summed E-state index contributed by atoms with van der Waals surface area (Å²) in [5, 5.41) is 0. The monoisotopic (exact) mass is 247 g/mol. The molecule has 94 valence electrons. The number of pyridine rings is 1. The highest BCUT2D eigenvalue weighted by Crippen LogP contribution is 2.19. The highest BCUT2D eigenvalue weighted by Gasteiger charge is 2.19. The van der Waals surface area contributed by atoms with Gasteiger partial charge < -0.3 is 14.5 Å². The standard InChI is InChI=1S/C10H11F2NO4/c1-16-7(14)3-6-9(17-2)8(15)5(4-13-6)10(11)12/h4,10H,3H2,1-2H3,(H,13,15). The first-order valence-electron chi connectivity index (χ1n) is 4.64. The molecule has 7 heteroatoms. The molecule has 0 aromatic carbocycles. The molecule has 1 aromatic heterocycles. The molecular weight excluding hydrogens is 236 g/mol. The third-order valence-corrected chi connectivity index (χ3v) is 2.13. The molecular formula is C10H11F2NO4. The molecule has 0 atom stereocenters. The van der Waals surface area contributed by atoms with Gasteiger partial charge in [0.05, 0.1) is 31.9 Å². The van der Waals surface area contributed by atoms with Crippen LogP contribution in [0.15, 0.2) is 11.0 Å². The van der Waals surface area contributed by atoms with Gasteiger partial charge in [-0.25, -0.2) is 8.78 Å². The van der Waals surface area contributed by atoms with E-state index in [1.54, 1.807) is 0 Å². The van der Waals surface area contributed by atoms with Crippen molar-refractivity contribution in [3.8, 4) is 5.75 Å². The Morgan fingerprint density at radius 3 is 2.59 bits per heavy atom. The first-order valence-corrected chi connectivity index (χ1v) is 4.64. The van der Waals surface area contributed by atoms with Crippen molar-refractivity contribution in [1.29, 1.82) is 0 Å². The zero-order valence-corrected chi connectivity index (χ0v) is 9.25. The van der Waals surface area contributed by atoms with Crippen LogP contribution in [0, 0.1) is 0 Å². The van der Waals surface area contributed by atoms with Gasteiger partial charge in [0.1, 0.15) is 0 Å². The van der Waals surface area contributed by atoms with Gasteiger partial charge in [-0.1, -0.05) is 0 Å². The summed E-state index contributed by atoms with van der Waals surface area (Å²) in [6, 6.07) is 0. The minimum absolute atomic E-state index is 0.105. The summed E-state index contributed by atoms with van der Waals surface area (Å²) in [6.07, 6.45) is -2.29. The van der Waals surface area contributed by atoms with Crippen LogP contribution in [0.25, 0.3) is 0 Å². The normalized spacial score (nSPS) is 10.4. The van der Waals surface area contributed by atoms with E-state index in [-0.39, 0.29) is 17.9 Å². The Kier molecular flexibility index (Phi) is 4.19. The summed E-state index contributed by atoms with van der Waals surface area (Å²) in [6.45, 7) is 0. The van der Waals surface area contributed by atoms with Crippen molar-refractivity contribution < 1.29 is 23.0 Å². The molecule has 0 aliphatic carbocycles. The Bertz CT molecular complexity index is 470. The zero-order valence-electron chi connectivity index (χ0n) is 9.25. The van der Waals surface area contributed by atoms with Crippen LogP contribution in [-0.2, 0) is 16.0 Å². The van der Waals surface area contributed by atoms with E-state index >= 15 is 0 Å². The smallest absolute Gasteiger partial charge is 0.311 e. The maximum absolute atomic E-state index is 12.4. The molecule has 1 rings (SSSR count). The number of hydrogen-bond acceptors (Lipinski definition) is 4. The number of esters is 1. The van der Waals surface area contributed by atoms with Gasteiger partial charge in [-0.05, 0) is 0 Å². The summed E-state index contributed by atoms with van der Waals surface area (Å²) < 4.78 is 34.0. The Morgan fingerprint density at radius 1 is 1.47 bits per heavy atom. The summed E-state index contributed by atoms with van der Waals surface area (Å²) in [5.74, 6) is -0.906. The van der Waals surface area contributed by atoms with Crippen molar-refractivity contribution in [2.24, 2.45) is 0 Å². The maximum atomic E-state index is 12.4. The van der Waals surface area contributed by atoms with Gasteiger partial charge in [-0.3, -0.25) is 9.59 Å². The van der Waals surface area contributed by atoms with E-state index in [2.05, 4.69) is 9.72 Å².